The Morgan fingerprint density at radius 2 is 2.05 bits per heavy atom. The van der Waals surface area contributed by atoms with E-state index in [2.05, 4.69) is 34.3 Å². The fourth-order valence-electron chi connectivity index (χ4n) is 3.53. The average molecular weight is 261 g/mol. The number of rotatable bonds is 3. The van der Waals surface area contributed by atoms with E-state index in [1.54, 1.807) is 0 Å². The number of aliphatic hydroxyl groups is 1. The molecule has 3 atom stereocenters. The Labute approximate surface area is 114 Å². The molecular formula is C15H23N3O. The van der Waals surface area contributed by atoms with Crippen LogP contribution in [-0.2, 0) is 0 Å². The van der Waals surface area contributed by atoms with Crippen LogP contribution in [-0.4, -0.2) is 35.3 Å². The molecule has 0 saturated carbocycles. The van der Waals surface area contributed by atoms with Crippen LogP contribution in [0, 0.1) is 0 Å². The SMILES string of the molecule is CNC(C)c1ccnc(N2C3CCC2CC(O)C3)c1. The average Bonchev–Trinajstić information content (AvgIpc) is 2.70. The summed E-state index contributed by atoms with van der Waals surface area (Å²) < 4.78 is 0. The molecule has 1 aromatic heterocycles. The zero-order chi connectivity index (χ0) is 13.4. The van der Waals surface area contributed by atoms with Crippen LogP contribution in [0.4, 0.5) is 5.82 Å². The molecule has 2 N–H and O–H groups in total. The predicted molar refractivity (Wildman–Crippen MR) is 76.2 cm³/mol. The van der Waals surface area contributed by atoms with Crippen molar-refractivity contribution in [1.82, 2.24) is 10.3 Å². The van der Waals surface area contributed by atoms with Gasteiger partial charge in [-0.25, -0.2) is 4.98 Å². The maximum absolute atomic E-state index is 9.88. The summed E-state index contributed by atoms with van der Waals surface area (Å²) in [5, 5.41) is 13.1. The molecular weight excluding hydrogens is 238 g/mol. The van der Waals surface area contributed by atoms with Crippen molar-refractivity contribution in [2.24, 2.45) is 0 Å². The molecule has 0 spiro atoms. The predicted octanol–water partition coefficient (Wildman–Crippen LogP) is 1.85. The Morgan fingerprint density at radius 1 is 1.37 bits per heavy atom. The van der Waals surface area contributed by atoms with E-state index in [0.717, 1.165) is 18.7 Å². The quantitative estimate of drug-likeness (QED) is 0.872. The van der Waals surface area contributed by atoms with E-state index in [-0.39, 0.29) is 6.10 Å². The molecule has 0 amide bonds. The van der Waals surface area contributed by atoms with E-state index in [9.17, 15) is 5.11 Å². The number of nitrogens with zero attached hydrogens (tertiary/aromatic N) is 2. The molecule has 3 heterocycles. The van der Waals surface area contributed by atoms with Crippen LogP contribution in [0.15, 0.2) is 18.3 Å². The number of pyridine rings is 1. The Morgan fingerprint density at radius 3 is 2.68 bits per heavy atom. The third-order valence-corrected chi connectivity index (χ3v) is 4.68. The molecule has 2 fully saturated rings. The number of hydrogen-bond acceptors (Lipinski definition) is 4. The van der Waals surface area contributed by atoms with Crippen LogP contribution in [0.5, 0.6) is 0 Å². The molecule has 0 radical (unpaired) electrons. The standard InChI is InChI=1S/C15H23N3O/c1-10(16-2)11-5-6-17-15(7-11)18-12-3-4-13(18)9-14(19)8-12/h5-7,10,12-14,16,19H,3-4,8-9H2,1-2H3. The number of aromatic nitrogens is 1. The molecule has 0 aromatic carbocycles. The summed E-state index contributed by atoms with van der Waals surface area (Å²) in [6.07, 6.45) is 5.95. The first-order valence-electron chi connectivity index (χ1n) is 7.28. The van der Waals surface area contributed by atoms with Crippen molar-refractivity contribution in [2.45, 2.75) is 56.8 Å². The van der Waals surface area contributed by atoms with Crippen molar-refractivity contribution in [3.8, 4) is 0 Å². The number of fused-ring (bicyclic) bond motifs is 2. The van der Waals surface area contributed by atoms with Gasteiger partial charge in [-0.15, -0.1) is 0 Å². The summed E-state index contributed by atoms with van der Waals surface area (Å²) in [7, 11) is 1.98. The summed E-state index contributed by atoms with van der Waals surface area (Å²) in [4.78, 5) is 7.01. The summed E-state index contributed by atoms with van der Waals surface area (Å²) in [5.41, 5.74) is 1.28. The Kier molecular flexibility index (Phi) is 3.46. The first kappa shape index (κ1) is 12.9. The van der Waals surface area contributed by atoms with Gasteiger partial charge in [0.2, 0.25) is 0 Å². The molecule has 2 aliphatic rings. The van der Waals surface area contributed by atoms with Crippen molar-refractivity contribution < 1.29 is 5.11 Å². The van der Waals surface area contributed by atoms with Gasteiger partial charge in [-0.05, 0) is 57.4 Å². The lowest BCUT2D eigenvalue weighted by Crippen LogP contribution is -2.45. The molecule has 2 saturated heterocycles. The highest BCUT2D eigenvalue weighted by Gasteiger charge is 2.40. The first-order valence-corrected chi connectivity index (χ1v) is 7.28. The van der Waals surface area contributed by atoms with Crippen molar-refractivity contribution >= 4 is 5.82 Å². The molecule has 19 heavy (non-hydrogen) atoms. The van der Waals surface area contributed by atoms with E-state index < -0.39 is 0 Å². The molecule has 104 valence electrons. The highest BCUT2D eigenvalue weighted by Crippen LogP contribution is 2.38. The fourth-order valence-corrected chi connectivity index (χ4v) is 3.53. The number of piperidine rings is 1. The molecule has 2 bridgehead atoms. The Bertz CT molecular complexity index is 437. The van der Waals surface area contributed by atoms with Gasteiger partial charge in [-0.3, -0.25) is 0 Å². The minimum atomic E-state index is -0.117. The van der Waals surface area contributed by atoms with Gasteiger partial charge >= 0.3 is 0 Å². The number of anilines is 1. The molecule has 4 nitrogen and oxygen atoms in total. The van der Waals surface area contributed by atoms with Crippen LogP contribution < -0.4 is 10.2 Å². The minimum Gasteiger partial charge on any atom is -0.393 e. The highest BCUT2D eigenvalue weighted by atomic mass is 16.3. The number of hydrogen-bond donors (Lipinski definition) is 2. The fraction of sp³-hybridized carbons (Fsp3) is 0.667. The van der Waals surface area contributed by atoms with Gasteiger partial charge in [-0.2, -0.15) is 0 Å². The van der Waals surface area contributed by atoms with Gasteiger partial charge in [0.15, 0.2) is 0 Å². The maximum atomic E-state index is 9.88. The Hall–Kier alpha value is -1.13. The van der Waals surface area contributed by atoms with E-state index in [1.807, 2.05) is 13.2 Å². The van der Waals surface area contributed by atoms with Crippen LogP contribution in [0.1, 0.15) is 44.2 Å². The van der Waals surface area contributed by atoms with Gasteiger partial charge < -0.3 is 15.3 Å². The monoisotopic (exact) mass is 261 g/mol. The molecule has 2 aliphatic heterocycles. The molecule has 3 rings (SSSR count). The molecule has 4 heteroatoms. The zero-order valence-corrected chi connectivity index (χ0v) is 11.7. The van der Waals surface area contributed by atoms with E-state index >= 15 is 0 Å². The number of aliphatic hydroxyl groups excluding tert-OH is 1. The van der Waals surface area contributed by atoms with Crippen LogP contribution >= 0.6 is 0 Å². The summed E-state index contributed by atoms with van der Waals surface area (Å²) in [6.45, 7) is 2.16. The van der Waals surface area contributed by atoms with Crippen molar-refractivity contribution in [3.05, 3.63) is 23.9 Å². The van der Waals surface area contributed by atoms with Gasteiger partial charge in [0.25, 0.3) is 0 Å². The summed E-state index contributed by atoms with van der Waals surface area (Å²) in [6, 6.07) is 5.56. The summed E-state index contributed by atoms with van der Waals surface area (Å²) in [5.74, 6) is 1.08. The van der Waals surface area contributed by atoms with Crippen LogP contribution in [0.25, 0.3) is 0 Å². The van der Waals surface area contributed by atoms with E-state index in [0.29, 0.717) is 18.1 Å². The normalized spacial score (nSPS) is 31.5. The first-order chi connectivity index (χ1) is 9.19. The van der Waals surface area contributed by atoms with Gasteiger partial charge in [0.1, 0.15) is 5.82 Å². The highest BCUT2D eigenvalue weighted by molar-refractivity contribution is 5.46. The maximum Gasteiger partial charge on any atom is 0.129 e. The van der Waals surface area contributed by atoms with Crippen molar-refractivity contribution in [2.75, 3.05) is 11.9 Å². The third kappa shape index (κ3) is 2.35. The lowest BCUT2D eigenvalue weighted by Gasteiger charge is -2.38. The largest absolute Gasteiger partial charge is 0.393 e. The second-order valence-electron chi connectivity index (χ2n) is 5.88. The molecule has 3 unspecified atom stereocenters. The molecule has 0 aliphatic carbocycles. The van der Waals surface area contributed by atoms with Gasteiger partial charge in [0.05, 0.1) is 6.10 Å². The van der Waals surface area contributed by atoms with Crippen LogP contribution in [0.3, 0.4) is 0 Å². The van der Waals surface area contributed by atoms with Crippen molar-refractivity contribution in [1.29, 1.82) is 0 Å². The van der Waals surface area contributed by atoms with E-state index in [4.69, 9.17) is 0 Å². The second-order valence-corrected chi connectivity index (χ2v) is 5.88. The topological polar surface area (TPSA) is 48.4 Å². The minimum absolute atomic E-state index is 0.117. The zero-order valence-electron chi connectivity index (χ0n) is 11.7. The number of nitrogens with one attached hydrogen (secondary N) is 1. The lowest BCUT2D eigenvalue weighted by atomic mass is 9.99. The lowest BCUT2D eigenvalue weighted by molar-refractivity contribution is 0.126. The third-order valence-electron chi connectivity index (χ3n) is 4.68. The van der Waals surface area contributed by atoms with Gasteiger partial charge in [-0.1, -0.05) is 0 Å². The molecule has 1 aromatic rings. The Balaban J connectivity index is 1.86. The van der Waals surface area contributed by atoms with E-state index in [1.165, 1.54) is 18.4 Å². The van der Waals surface area contributed by atoms with Crippen molar-refractivity contribution in [3.63, 3.8) is 0 Å². The van der Waals surface area contributed by atoms with Gasteiger partial charge in [0, 0.05) is 24.3 Å². The van der Waals surface area contributed by atoms with Crippen LogP contribution in [0.2, 0.25) is 0 Å². The summed E-state index contributed by atoms with van der Waals surface area (Å²) >= 11 is 0. The smallest absolute Gasteiger partial charge is 0.129 e. The second kappa shape index (κ2) is 5.10.